The third kappa shape index (κ3) is 3.83. The minimum absolute atomic E-state index is 0.0437. The van der Waals surface area contributed by atoms with Crippen molar-refractivity contribution in [1.29, 1.82) is 5.26 Å². The first kappa shape index (κ1) is 20.5. The highest BCUT2D eigenvalue weighted by Crippen LogP contribution is 2.32. The summed E-state index contributed by atoms with van der Waals surface area (Å²) in [6.07, 6.45) is 0.942. The van der Waals surface area contributed by atoms with E-state index in [0.717, 1.165) is 11.6 Å². The molecule has 0 N–H and O–H groups in total. The summed E-state index contributed by atoms with van der Waals surface area (Å²) in [7, 11) is 0. The van der Waals surface area contributed by atoms with Crippen molar-refractivity contribution < 1.29 is 13.6 Å². The van der Waals surface area contributed by atoms with Crippen molar-refractivity contribution in [2.24, 2.45) is 10.1 Å². The van der Waals surface area contributed by atoms with Crippen LogP contribution in [0.1, 0.15) is 28.7 Å². The number of hydrogen-bond donors (Lipinski definition) is 0. The van der Waals surface area contributed by atoms with Gasteiger partial charge in [0.2, 0.25) is 0 Å². The molecule has 0 saturated carbocycles. The first-order valence-corrected chi connectivity index (χ1v) is 10.2. The van der Waals surface area contributed by atoms with Gasteiger partial charge in [0.05, 0.1) is 29.5 Å². The summed E-state index contributed by atoms with van der Waals surface area (Å²) in [5.41, 5.74) is 3.49. The zero-order valence-corrected chi connectivity index (χ0v) is 17.2. The van der Waals surface area contributed by atoms with E-state index in [1.165, 1.54) is 17.1 Å². The molecule has 1 unspecified atom stereocenters. The van der Waals surface area contributed by atoms with Crippen LogP contribution < -0.4 is 0 Å². The Kier molecular flexibility index (Phi) is 5.11. The molecule has 3 aromatic rings. The van der Waals surface area contributed by atoms with E-state index in [1.54, 1.807) is 30.3 Å². The van der Waals surface area contributed by atoms with Gasteiger partial charge in [-0.2, -0.15) is 10.4 Å². The zero-order chi connectivity index (χ0) is 22.9. The third-order valence-corrected chi connectivity index (χ3v) is 5.51. The van der Waals surface area contributed by atoms with Gasteiger partial charge in [-0.15, -0.1) is 0 Å². The third-order valence-electron chi connectivity index (χ3n) is 5.51. The monoisotopic (exact) mass is 438 g/mol. The number of allylic oxidation sites excluding steroid dienone is 1. The molecule has 33 heavy (non-hydrogen) atoms. The summed E-state index contributed by atoms with van der Waals surface area (Å²) < 4.78 is 28.3. The lowest BCUT2D eigenvalue weighted by Crippen LogP contribution is -2.43. The maximum atomic E-state index is 14.8. The molecule has 2 heterocycles. The molecule has 5 nitrogen and oxygen atoms in total. The van der Waals surface area contributed by atoms with E-state index in [0.29, 0.717) is 28.1 Å². The Morgan fingerprint density at radius 3 is 2.42 bits per heavy atom. The molecular formula is C26H16F2N4O. The lowest BCUT2D eigenvalue weighted by molar-refractivity contribution is -0.131. The van der Waals surface area contributed by atoms with Crippen molar-refractivity contribution in [3.63, 3.8) is 0 Å². The average Bonchev–Trinajstić information content (AvgIpc) is 2.84. The Balaban J connectivity index is 1.63. The summed E-state index contributed by atoms with van der Waals surface area (Å²) in [6.45, 7) is 0. The fourth-order valence-corrected chi connectivity index (χ4v) is 3.89. The predicted octanol–water partition coefficient (Wildman–Crippen LogP) is 4.69. The fourth-order valence-electron chi connectivity index (χ4n) is 3.89. The molecule has 1 atom stereocenters. The number of fused-ring (bicyclic) bond motifs is 1. The summed E-state index contributed by atoms with van der Waals surface area (Å²) in [5.74, 6) is -1.66. The summed E-state index contributed by atoms with van der Waals surface area (Å²) >= 11 is 0. The maximum absolute atomic E-state index is 14.8. The normalized spacial score (nSPS) is 17.5. The van der Waals surface area contributed by atoms with Crippen LogP contribution in [0.2, 0.25) is 0 Å². The molecule has 1 amide bonds. The number of nitriles is 1. The number of rotatable bonds is 3. The SMILES string of the molecule is N#Cc1ccc(C2=NC3C=C(c4ccc(F)cc4F)C(c4ccccc4)=NN3C(=O)C2)cc1. The number of carbonyl (C=O) groups excluding carboxylic acids is 1. The summed E-state index contributed by atoms with van der Waals surface area (Å²) in [6, 6.07) is 21.4. The van der Waals surface area contributed by atoms with Crippen molar-refractivity contribution in [3.05, 3.63) is 113 Å². The average molecular weight is 438 g/mol. The minimum Gasteiger partial charge on any atom is -0.272 e. The molecule has 0 radical (unpaired) electrons. The molecule has 0 saturated heterocycles. The smallest absolute Gasteiger partial charge is 0.251 e. The lowest BCUT2D eigenvalue weighted by Gasteiger charge is -2.33. The second kappa shape index (κ2) is 8.24. The van der Waals surface area contributed by atoms with Gasteiger partial charge in [-0.05, 0) is 35.9 Å². The number of hydrogen-bond acceptors (Lipinski definition) is 4. The van der Waals surface area contributed by atoms with Crippen LogP contribution in [0.3, 0.4) is 0 Å². The lowest BCUT2D eigenvalue weighted by atomic mass is 9.93. The summed E-state index contributed by atoms with van der Waals surface area (Å²) in [4.78, 5) is 17.7. The molecule has 5 rings (SSSR count). The van der Waals surface area contributed by atoms with Gasteiger partial charge in [-0.1, -0.05) is 42.5 Å². The Morgan fingerprint density at radius 1 is 0.970 bits per heavy atom. The first-order valence-electron chi connectivity index (χ1n) is 10.2. The molecule has 2 aliphatic heterocycles. The van der Waals surface area contributed by atoms with Gasteiger partial charge in [0.1, 0.15) is 11.6 Å². The van der Waals surface area contributed by atoms with Crippen LogP contribution in [0.5, 0.6) is 0 Å². The maximum Gasteiger partial charge on any atom is 0.251 e. The second-order valence-corrected chi connectivity index (χ2v) is 7.61. The standard InChI is InChI=1S/C26H16F2N4O/c27-19-10-11-20(22(28)12-19)21-13-24-30-23(17-8-6-16(15-29)7-9-17)14-25(33)32(24)31-26(21)18-4-2-1-3-5-18/h1-13,24H,14H2. The van der Waals surface area contributed by atoms with Crippen LogP contribution in [0.25, 0.3) is 5.57 Å². The molecule has 0 bridgehead atoms. The number of carbonyl (C=O) groups is 1. The minimum atomic E-state index is -0.774. The van der Waals surface area contributed by atoms with Crippen molar-refractivity contribution in [1.82, 2.24) is 5.01 Å². The van der Waals surface area contributed by atoms with Gasteiger partial charge in [0, 0.05) is 22.8 Å². The highest BCUT2D eigenvalue weighted by molar-refractivity contribution is 6.32. The van der Waals surface area contributed by atoms with E-state index in [4.69, 9.17) is 5.26 Å². The molecular weight excluding hydrogens is 422 g/mol. The Bertz CT molecular complexity index is 1390. The van der Waals surface area contributed by atoms with E-state index < -0.39 is 17.8 Å². The number of nitrogens with zero attached hydrogens (tertiary/aromatic N) is 4. The largest absolute Gasteiger partial charge is 0.272 e. The number of amides is 1. The second-order valence-electron chi connectivity index (χ2n) is 7.61. The number of benzene rings is 3. The van der Waals surface area contributed by atoms with E-state index in [2.05, 4.69) is 16.2 Å². The molecule has 0 aromatic heterocycles. The van der Waals surface area contributed by atoms with Crippen LogP contribution in [0.4, 0.5) is 8.78 Å². The van der Waals surface area contributed by atoms with Crippen molar-refractivity contribution in [2.45, 2.75) is 12.6 Å². The van der Waals surface area contributed by atoms with E-state index in [9.17, 15) is 13.6 Å². The molecule has 7 heteroatoms. The van der Waals surface area contributed by atoms with Crippen LogP contribution in [0.15, 0.2) is 89.0 Å². The Hall–Kier alpha value is -4.44. The molecule has 160 valence electrons. The van der Waals surface area contributed by atoms with Gasteiger partial charge < -0.3 is 0 Å². The topological polar surface area (TPSA) is 68.8 Å². The highest BCUT2D eigenvalue weighted by atomic mass is 19.1. The van der Waals surface area contributed by atoms with Gasteiger partial charge in [-0.3, -0.25) is 9.79 Å². The molecule has 0 fully saturated rings. The quantitative estimate of drug-likeness (QED) is 0.596. The molecule has 2 aliphatic rings. The first-order chi connectivity index (χ1) is 16.0. The van der Waals surface area contributed by atoms with Crippen LogP contribution >= 0.6 is 0 Å². The summed E-state index contributed by atoms with van der Waals surface area (Å²) in [5, 5.41) is 14.9. The van der Waals surface area contributed by atoms with Gasteiger partial charge >= 0.3 is 0 Å². The van der Waals surface area contributed by atoms with Crippen molar-refractivity contribution in [3.8, 4) is 6.07 Å². The van der Waals surface area contributed by atoms with E-state index in [-0.39, 0.29) is 17.9 Å². The van der Waals surface area contributed by atoms with Crippen LogP contribution in [0, 0.1) is 23.0 Å². The molecule has 0 aliphatic carbocycles. The fraction of sp³-hybridized carbons (Fsp3) is 0.0769. The van der Waals surface area contributed by atoms with E-state index >= 15 is 0 Å². The van der Waals surface area contributed by atoms with Gasteiger partial charge in [-0.25, -0.2) is 13.8 Å². The van der Waals surface area contributed by atoms with Crippen molar-refractivity contribution in [2.75, 3.05) is 0 Å². The highest BCUT2D eigenvalue weighted by Gasteiger charge is 2.34. The van der Waals surface area contributed by atoms with Crippen molar-refractivity contribution >= 4 is 22.9 Å². The van der Waals surface area contributed by atoms with E-state index in [1.807, 2.05) is 30.3 Å². The Labute approximate surface area is 188 Å². The Morgan fingerprint density at radius 2 is 1.73 bits per heavy atom. The zero-order valence-electron chi connectivity index (χ0n) is 17.2. The predicted molar refractivity (Wildman–Crippen MR) is 120 cm³/mol. The van der Waals surface area contributed by atoms with Gasteiger partial charge in [0.25, 0.3) is 5.91 Å². The molecule has 0 spiro atoms. The van der Waals surface area contributed by atoms with Crippen LogP contribution in [-0.2, 0) is 4.79 Å². The van der Waals surface area contributed by atoms with Gasteiger partial charge in [0.15, 0.2) is 6.17 Å². The number of aliphatic imine (C=N–C) groups is 1. The number of halogens is 2. The molecule has 3 aromatic carbocycles. The number of hydrazone groups is 1. The van der Waals surface area contributed by atoms with Crippen LogP contribution in [-0.4, -0.2) is 28.5 Å².